The summed E-state index contributed by atoms with van der Waals surface area (Å²) in [4.78, 5) is 1.62. The van der Waals surface area contributed by atoms with Gasteiger partial charge in [-0.2, -0.15) is 0 Å². The van der Waals surface area contributed by atoms with Gasteiger partial charge >= 0.3 is 0 Å². The van der Waals surface area contributed by atoms with E-state index in [9.17, 15) is 19.7 Å². The molecule has 0 aromatic rings. The van der Waals surface area contributed by atoms with Crippen molar-refractivity contribution in [2.45, 2.75) is 127 Å². The number of nitrogens with one attached hydrogen (secondary N) is 3. The van der Waals surface area contributed by atoms with Crippen LogP contribution in [-0.4, -0.2) is 108 Å². The number of hydrogen-bond donors (Lipinski definition) is 7. The molecule has 1 saturated heterocycles. The van der Waals surface area contributed by atoms with Crippen molar-refractivity contribution in [2.24, 2.45) is 23.7 Å². The summed E-state index contributed by atoms with van der Waals surface area (Å²) >= 11 is 0. The molecule has 0 aromatic heterocycles. The molecule has 0 spiro atoms. The Morgan fingerprint density at radius 1 is 1.05 bits per heavy atom. The van der Waals surface area contributed by atoms with Gasteiger partial charge in [-0.05, 0) is 114 Å². The summed E-state index contributed by atoms with van der Waals surface area (Å²) < 4.78 is 21.2. The van der Waals surface area contributed by atoms with Crippen molar-refractivity contribution in [2.75, 3.05) is 33.3 Å². The number of ether oxygens (including phenoxy) is 1. The van der Waals surface area contributed by atoms with E-state index in [0.717, 1.165) is 64.3 Å². The minimum Gasteiger partial charge on any atom is -0.394 e. The molecule has 0 bridgehead atoms. The summed E-state index contributed by atoms with van der Waals surface area (Å²) in [7, 11) is 1.71. The summed E-state index contributed by atoms with van der Waals surface area (Å²) in [6, 6.07) is 0.501. The Balaban J connectivity index is 1.12. The number of likely N-dealkylation sites (N-methyl/N-ethyl adjacent to an activating group) is 1. The van der Waals surface area contributed by atoms with Crippen LogP contribution in [0.3, 0.4) is 0 Å². The Bertz CT molecular complexity index is 788. The molecule has 10 heteroatoms. The molecule has 2 heterocycles. The lowest BCUT2D eigenvalue weighted by molar-refractivity contribution is -0.0380. The topological polar surface area (TPSA) is 129 Å². The van der Waals surface area contributed by atoms with E-state index in [4.69, 9.17) is 9.84 Å². The summed E-state index contributed by atoms with van der Waals surface area (Å²) in [5.41, 5.74) is 0. The van der Waals surface area contributed by atoms with E-state index in [2.05, 4.69) is 29.0 Å². The Hall–Kier alpha value is -0.850. The van der Waals surface area contributed by atoms with Gasteiger partial charge in [-0.15, -0.1) is 0 Å². The zero-order valence-electron chi connectivity index (χ0n) is 25.2. The van der Waals surface area contributed by atoms with Gasteiger partial charge in [0.15, 0.2) is 0 Å². The number of hydrogen-bond acceptors (Lipinski definition) is 9. The molecule has 10 atom stereocenters. The summed E-state index contributed by atoms with van der Waals surface area (Å²) in [5.74, 6) is 1.53. The van der Waals surface area contributed by atoms with Crippen molar-refractivity contribution in [3.05, 3.63) is 12.3 Å². The minimum atomic E-state index is -0.866. The Kier molecular flexibility index (Phi) is 13.1. The minimum absolute atomic E-state index is 0.0818. The predicted octanol–water partition coefficient (Wildman–Crippen LogP) is 1.85. The van der Waals surface area contributed by atoms with Crippen molar-refractivity contribution in [1.82, 2.24) is 20.9 Å². The zero-order valence-corrected chi connectivity index (χ0v) is 25.2. The number of aliphatic hydroxyl groups is 4. The largest absolute Gasteiger partial charge is 0.394 e. The van der Waals surface area contributed by atoms with Crippen molar-refractivity contribution >= 4 is 0 Å². The Morgan fingerprint density at radius 2 is 1.83 bits per heavy atom. The molecule has 0 aromatic carbocycles. The lowest BCUT2D eigenvalue weighted by atomic mass is 9.69. The van der Waals surface area contributed by atoms with E-state index in [1.807, 2.05) is 6.20 Å². The molecule has 2 aliphatic heterocycles. The second-order valence-electron chi connectivity index (χ2n) is 13.5. The molecule has 2 saturated carbocycles. The fourth-order valence-corrected chi connectivity index (χ4v) is 7.62. The third-order valence-electron chi connectivity index (χ3n) is 10.2. The molecule has 7 N–H and O–H groups in total. The highest BCUT2D eigenvalue weighted by Gasteiger charge is 2.38. The van der Waals surface area contributed by atoms with Gasteiger partial charge in [0.1, 0.15) is 18.6 Å². The summed E-state index contributed by atoms with van der Waals surface area (Å²) in [5, 5.41) is 49.8. The molecule has 9 nitrogen and oxygen atoms in total. The van der Waals surface area contributed by atoms with Gasteiger partial charge in [-0.3, -0.25) is 10.2 Å². The van der Waals surface area contributed by atoms with Gasteiger partial charge in [0.2, 0.25) is 0 Å². The summed E-state index contributed by atoms with van der Waals surface area (Å²) in [6.07, 6.45) is 11.7. The second kappa shape index (κ2) is 16.3. The van der Waals surface area contributed by atoms with E-state index in [0.29, 0.717) is 31.2 Å². The molecular weight excluding hydrogens is 527 g/mol. The number of aliphatic hydroxyl groups excluding tert-OH is 4. The third kappa shape index (κ3) is 9.83. The first-order chi connectivity index (χ1) is 19.7. The maximum atomic E-state index is 14.6. The highest BCUT2D eigenvalue weighted by molar-refractivity contribution is 5.04. The van der Waals surface area contributed by atoms with Crippen LogP contribution in [0.1, 0.15) is 77.6 Å². The Morgan fingerprint density at radius 3 is 2.59 bits per heavy atom. The van der Waals surface area contributed by atoms with Crippen molar-refractivity contribution < 1.29 is 29.6 Å². The van der Waals surface area contributed by atoms with Gasteiger partial charge in [0.25, 0.3) is 0 Å². The predicted molar refractivity (Wildman–Crippen MR) is 158 cm³/mol. The molecular formula is C31H57FN4O5. The van der Waals surface area contributed by atoms with E-state index >= 15 is 0 Å². The first-order valence-electron chi connectivity index (χ1n) is 16.3. The monoisotopic (exact) mass is 584 g/mol. The quantitative estimate of drug-likeness (QED) is 0.121. The maximum absolute atomic E-state index is 14.6. The van der Waals surface area contributed by atoms with Crippen LogP contribution in [0.25, 0.3) is 0 Å². The van der Waals surface area contributed by atoms with Crippen LogP contribution < -0.4 is 16.0 Å². The average molecular weight is 585 g/mol. The standard InChI is InChI=1S/C31H57FN4O5/c1-20-5-10-27(32)26(14-20)21-6-8-24(9-7-21)41-25-11-13-33-29(16-25)28-15-22(17-35-28)31(40)34-12-3-4-30(39)36(2)18-23(38)19-37/h11,13,20-31,33-35,37-40H,3-10,12,14-19H2,1-2H3/t20-,21?,22?,23?,24?,25?,26?,27+,28?,29?,30?,31?/m1/s1. The number of halogens is 1. The maximum Gasteiger partial charge on any atom is 0.109 e. The van der Waals surface area contributed by atoms with Gasteiger partial charge < -0.3 is 35.8 Å². The lowest BCUT2D eigenvalue weighted by Crippen LogP contribution is -2.47. The molecule has 8 unspecified atom stereocenters. The van der Waals surface area contributed by atoms with E-state index < -0.39 is 24.7 Å². The molecule has 4 aliphatic rings. The fourth-order valence-electron chi connectivity index (χ4n) is 7.62. The first kappa shape index (κ1) is 33.1. The average Bonchev–Trinajstić information content (AvgIpc) is 3.47. The zero-order chi connectivity index (χ0) is 29.4. The van der Waals surface area contributed by atoms with Gasteiger partial charge in [0.05, 0.1) is 24.9 Å². The van der Waals surface area contributed by atoms with Gasteiger partial charge in [-0.25, -0.2) is 4.39 Å². The van der Waals surface area contributed by atoms with E-state index in [1.54, 1.807) is 11.9 Å². The molecule has 238 valence electrons. The van der Waals surface area contributed by atoms with E-state index in [-0.39, 0.29) is 49.3 Å². The summed E-state index contributed by atoms with van der Waals surface area (Å²) in [6.45, 7) is 3.49. The highest BCUT2D eigenvalue weighted by Crippen LogP contribution is 2.42. The third-order valence-corrected chi connectivity index (χ3v) is 10.2. The molecule has 0 amide bonds. The van der Waals surface area contributed by atoms with Crippen LogP contribution in [0.5, 0.6) is 0 Å². The van der Waals surface area contributed by atoms with Crippen LogP contribution >= 0.6 is 0 Å². The van der Waals surface area contributed by atoms with Gasteiger partial charge in [-0.1, -0.05) is 6.92 Å². The molecule has 4 rings (SSSR count). The second-order valence-corrected chi connectivity index (χ2v) is 13.5. The van der Waals surface area contributed by atoms with Crippen LogP contribution in [0.4, 0.5) is 4.39 Å². The van der Waals surface area contributed by atoms with Crippen LogP contribution in [0.2, 0.25) is 0 Å². The number of rotatable bonds is 14. The lowest BCUT2D eigenvalue weighted by Gasteiger charge is -2.40. The molecule has 0 radical (unpaired) electrons. The normalized spacial score (nSPS) is 38.5. The molecule has 2 aliphatic carbocycles. The van der Waals surface area contributed by atoms with Crippen molar-refractivity contribution in [1.29, 1.82) is 0 Å². The molecule has 3 fully saturated rings. The molecule has 41 heavy (non-hydrogen) atoms. The van der Waals surface area contributed by atoms with Crippen LogP contribution in [0.15, 0.2) is 12.3 Å². The van der Waals surface area contributed by atoms with Crippen LogP contribution in [-0.2, 0) is 4.74 Å². The highest BCUT2D eigenvalue weighted by atomic mass is 19.1. The number of nitrogens with zero attached hydrogens (tertiary/aromatic N) is 1. The van der Waals surface area contributed by atoms with Crippen LogP contribution in [0, 0.1) is 23.7 Å². The smallest absolute Gasteiger partial charge is 0.109 e. The fraction of sp³-hybridized carbons (Fsp3) is 0.935. The first-order valence-corrected chi connectivity index (χ1v) is 16.3. The van der Waals surface area contributed by atoms with Gasteiger partial charge in [0, 0.05) is 31.1 Å². The Labute approximate surface area is 246 Å². The van der Waals surface area contributed by atoms with E-state index in [1.165, 1.54) is 0 Å². The van der Waals surface area contributed by atoms with Crippen molar-refractivity contribution in [3.8, 4) is 0 Å². The number of alkyl halides is 1. The van der Waals surface area contributed by atoms with Crippen molar-refractivity contribution in [3.63, 3.8) is 0 Å². The SMILES string of the molecule is C[C@@H]1CC[C@H](F)C(C2CCC(OC3C=CNC(C4CC(C(O)NCCCC(O)N(C)CC(O)CO)CN4)C3)CC2)C1.